The molecule has 2 aromatic carbocycles. The standard InChI is InChI=1S/C21H25FN2O3/c1-26-19-4-2-3-17(14-19)20(24-9-11-27-12-10-24)15-23-21(25)13-16-5-7-18(22)8-6-16/h2-8,14,20H,9-13,15H2,1H3,(H,23,25). The lowest BCUT2D eigenvalue weighted by molar-refractivity contribution is -0.120. The summed E-state index contributed by atoms with van der Waals surface area (Å²) in [6, 6.07) is 14.0. The van der Waals surface area contributed by atoms with Crippen molar-refractivity contribution in [2.24, 2.45) is 0 Å². The monoisotopic (exact) mass is 372 g/mol. The summed E-state index contributed by atoms with van der Waals surface area (Å²) in [6.45, 7) is 3.49. The first kappa shape index (κ1) is 19.3. The smallest absolute Gasteiger partial charge is 0.224 e. The fourth-order valence-electron chi connectivity index (χ4n) is 3.26. The normalized spacial score (nSPS) is 15.9. The Hall–Kier alpha value is -2.44. The van der Waals surface area contributed by atoms with E-state index in [1.807, 2.05) is 18.2 Å². The highest BCUT2D eigenvalue weighted by atomic mass is 19.1. The Balaban J connectivity index is 1.67. The number of benzene rings is 2. The SMILES string of the molecule is COc1cccc(C(CNC(=O)Cc2ccc(F)cc2)N2CCOCC2)c1. The first-order valence-corrected chi connectivity index (χ1v) is 9.12. The lowest BCUT2D eigenvalue weighted by atomic mass is 10.0. The van der Waals surface area contributed by atoms with E-state index >= 15 is 0 Å². The summed E-state index contributed by atoms with van der Waals surface area (Å²) in [7, 11) is 1.65. The lowest BCUT2D eigenvalue weighted by Gasteiger charge is -2.35. The number of carbonyl (C=O) groups excluding carboxylic acids is 1. The van der Waals surface area contributed by atoms with Gasteiger partial charge in [-0.3, -0.25) is 9.69 Å². The molecule has 0 aromatic heterocycles. The van der Waals surface area contributed by atoms with E-state index < -0.39 is 0 Å². The molecule has 1 atom stereocenters. The van der Waals surface area contributed by atoms with Crippen LogP contribution < -0.4 is 10.1 Å². The Labute approximate surface area is 159 Å². The molecule has 3 rings (SSSR count). The molecule has 0 radical (unpaired) electrons. The molecule has 2 aromatic rings. The summed E-state index contributed by atoms with van der Waals surface area (Å²) in [4.78, 5) is 14.7. The predicted octanol–water partition coefficient (Wildman–Crippen LogP) is 2.57. The average Bonchev–Trinajstić information content (AvgIpc) is 2.71. The molecule has 0 aliphatic carbocycles. The quantitative estimate of drug-likeness (QED) is 0.812. The number of morpholine rings is 1. The van der Waals surface area contributed by atoms with E-state index in [0.717, 1.165) is 30.0 Å². The van der Waals surface area contributed by atoms with Crippen molar-refractivity contribution in [2.45, 2.75) is 12.5 Å². The Morgan fingerprint density at radius 2 is 1.96 bits per heavy atom. The summed E-state index contributed by atoms with van der Waals surface area (Å²) in [5.74, 6) is 0.413. The van der Waals surface area contributed by atoms with Gasteiger partial charge in [0.05, 0.1) is 32.8 Å². The van der Waals surface area contributed by atoms with Gasteiger partial charge >= 0.3 is 0 Å². The largest absolute Gasteiger partial charge is 0.497 e. The van der Waals surface area contributed by atoms with Crippen LogP contribution in [0.3, 0.4) is 0 Å². The van der Waals surface area contributed by atoms with Gasteiger partial charge in [-0.1, -0.05) is 24.3 Å². The number of hydrogen-bond donors (Lipinski definition) is 1. The van der Waals surface area contributed by atoms with E-state index in [0.29, 0.717) is 19.8 Å². The van der Waals surface area contributed by atoms with Crippen molar-refractivity contribution in [3.8, 4) is 5.75 Å². The maximum Gasteiger partial charge on any atom is 0.224 e. The number of rotatable bonds is 7. The van der Waals surface area contributed by atoms with E-state index in [1.54, 1.807) is 19.2 Å². The van der Waals surface area contributed by atoms with Crippen molar-refractivity contribution >= 4 is 5.91 Å². The average molecular weight is 372 g/mol. The highest BCUT2D eigenvalue weighted by Gasteiger charge is 2.23. The molecule has 1 aliphatic rings. The zero-order valence-corrected chi connectivity index (χ0v) is 15.5. The molecule has 1 aliphatic heterocycles. The van der Waals surface area contributed by atoms with Gasteiger partial charge in [0, 0.05) is 19.6 Å². The molecule has 144 valence electrons. The highest BCUT2D eigenvalue weighted by Crippen LogP contribution is 2.24. The second kappa shape index (κ2) is 9.48. The maximum absolute atomic E-state index is 13.0. The van der Waals surface area contributed by atoms with Crippen LogP contribution in [0, 0.1) is 5.82 Å². The number of methoxy groups -OCH3 is 1. The molecule has 1 heterocycles. The van der Waals surface area contributed by atoms with Crippen LogP contribution >= 0.6 is 0 Å². The molecule has 5 nitrogen and oxygen atoms in total. The Morgan fingerprint density at radius 1 is 1.22 bits per heavy atom. The topological polar surface area (TPSA) is 50.8 Å². The van der Waals surface area contributed by atoms with Crippen LogP contribution in [0.1, 0.15) is 17.2 Å². The second-order valence-electron chi connectivity index (χ2n) is 6.55. The van der Waals surface area contributed by atoms with E-state index in [2.05, 4.69) is 16.3 Å². The molecule has 0 saturated carbocycles. The molecule has 27 heavy (non-hydrogen) atoms. The van der Waals surface area contributed by atoms with Gasteiger partial charge in [0.25, 0.3) is 0 Å². The number of amides is 1. The summed E-state index contributed by atoms with van der Waals surface area (Å²) in [5, 5.41) is 3.02. The number of hydrogen-bond acceptors (Lipinski definition) is 4. The van der Waals surface area contributed by atoms with Gasteiger partial charge < -0.3 is 14.8 Å². The number of ether oxygens (including phenoxy) is 2. The Morgan fingerprint density at radius 3 is 2.67 bits per heavy atom. The first-order valence-electron chi connectivity index (χ1n) is 9.12. The van der Waals surface area contributed by atoms with Gasteiger partial charge in [-0.2, -0.15) is 0 Å². The molecule has 1 saturated heterocycles. The van der Waals surface area contributed by atoms with E-state index in [4.69, 9.17) is 9.47 Å². The summed E-state index contributed by atoms with van der Waals surface area (Å²) in [5.41, 5.74) is 1.89. The van der Waals surface area contributed by atoms with Crippen LogP contribution in [0.15, 0.2) is 48.5 Å². The zero-order valence-electron chi connectivity index (χ0n) is 15.5. The third-order valence-electron chi connectivity index (χ3n) is 4.74. The van der Waals surface area contributed by atoms with Crippen LogP contribution in [0.25, 0.3) is 0 Å². The van der Waals surface area contributed by atoms with Gasteiger partial charge in [-0.05, 0) is 35.4 Å². The van der Waals surface area contributed by atoms with E-state index in [1.165, 1.54) is 12.1 Å². The minimum absolute atomic E-state index is 0.0427. The molecular weight excluding hydrogens is 347 g/mol. The van der Waals surface area contributed by atoms with Gasteiger partial charge in [0.2, 0.25) is 5.91 Å². The minimum atomic E-state index is -0.301. The van der Waals surface area contributed by atoms with Crippen LogP contribution in [-0.2, 0) is 16.0 Å². The van der Waals surface area contributed by atoms with Crippen molar-refractivity contribution in [2.75, 3.05) is 40.0 Å². The van der Waals surface area contributed by atoms with E-state index in [9.17, 15) is 9.18 Å². The Kier molecular flexibility index (Phi) is 6.79. The number of carbonyl (C=O) groups is 1. The summed E-state index contributed by atoms with van der Waals surface area (Å²) in [6.07, 6.45) is 0.230. The van der Waals surface area contributed by atoms with E-state index in [-0.39, 0.29) is 24.2 Å². The highest BCUT2D eigenvalue weighted by molar-refractivity contribution is 5.78. The molecule has 1 N–H and O–H groups in total. The molecule has 6 heteroatoms. The zero-order chi connectivity index (χ0) is 19.1. The van der Waals surface area contributed by atoms with Gasteiger partial charge in [-0.15, -0.1) is 0 Å². The third kappa shape index (κ3) is 5.52. The van der Waals surface area contributed by atoms with Crippen LogP contribution in [-0.4, -0.2) is 50.8 Å². The van der Waals surface area contributed by atoms with Crippen molar-refractivity contribution in [1.29, 1.82) is 0 Å². The van der Waals surface area contributed by atoms with Crippen LogP contribution in [0.2, 0.25) is 0 Å². The predicted molar refractivity (Wildman–Crippen MR) is 101 cm³/mol. The molecule has 1 unspecified atom stereocenters. The summed E-state index contributed by atoms with van der Waals surface area (Å²) < 4.78 is 23.8. The van der Waals surface area contributed by atoms with Crippen LogP contribution in [0.4, 0.5) is 4.39 Å². The maximum atomic E-state index is 13.0. The third-order valence-corrected chi connectivity index (χ3v) is 4.74. The minimum Gasteiger partial charge on any atom is -0.497 e. The Bertz CT molecular complexity index is 745. The molecule has 0 bridgehead atoms. The fourth-order valence-corrected chi connectivity index (χ4v) is 3.26. The molecule has 1 amide bonds. The fraction of sp³-hybridized carbons (Fsp3) is 0.381. The summed E-state index contributed by atoms with van der Waals surface area (Å²) >= 11 is 0. The molecular formula is C21H25FN2O3. The van der Waals surface area contributed by atoms with Gasteiger partial charge in [0.15, 0.2) is 0 Å². The first-order chi connectivity index (χ1) is 13.2. The lowest BCUT2D eigenvalue weighted by Crippen LogP contribution is -2.44. The second-order valence-corrected chi connectivity index (χ2v) is 6.55. The number of nitrogens with zero attached hydrogens (tertiary/aromatic N) is 1. The molecule has 1 fully saturated rings. The van der Waals surface area contributed by atoms with Gasteiger partial charge in [0.1, 0.15) is 11.6 Å². The number of halogens is 1. The van der Waals surface area contributed by atoms with Gasteiger partial charge in [-0.25, -0.2) is 4.39 Å². The van der Waals surface area contributed by atoms with Crippen molar-refractivity contribution in [3.63, 3.8) is 0 Å². The van der Waals surface area contributed by atoms with Crippen molar-refractivity contribution in [1.82, 2.24) is 10.2 Å². The van der Waals surface area contributed by atoms with Crippen molar-refractivity contribution < 1.29 is 18.7 Å². The van der Waals surface area contributed by atoms with Crippen molar-refractivity contribution in [3.05, 3.63) is 65.5 Å². The molecule has 0 spiro atoms. The van der Waals surface area contributed by atoms with Crippen LogP contribution in [0.5, 0.6) is 5.75 Å². The number of nitrogens with one attached hydrogen (secondary N) is 1.